The number of hydrogen-bond acceptors (Lipinski definition) is 8. The molecule has 1 N–H and O–H groups in total. The molecule has 0 spiro atoms. The number of pyridine rings is 1. The van der Waals surface area contributed by atoms with Crippen LogP contribution in [0.15, 0.2) is 52.2 Å². The van der Waals surface area contributed by atoms with Gasteiger partial charge in [-0.3, -0.25) is 4.98 Å². The Kier molecular flexibility index (Phi) is 3.67. The number of aromatic carboxylic acids is 1. The van der Waals surface area contributed by atoms with E-state index in [1.165, 1.54) is 23.1 Å². The van der Waals surface area contributed by atoms with Crippen molar-refractivity contribution >= 4 is 39.3 Å². The van der Waals surface area contributed by atoms with Gasteiger partial charge in [0.1, 0.15) is 0 Å². The van der Waals surface area contributed by atoms with Crippen LogP contribution in [0.5, 0.6) is 0 Å². The summed E-state index contributed by atoms with van der Waals surface area (Å²) in [7, 11) is 0. The van der Waals surface area contributed by atoms with Crippen molar-refractivity contribution in [1.82, 2.24) is 30.2 Å². The third-order valence-corrected chi connectivity index (χ3v) is 5.14. The highest BCUT2D eigenvalue weighted by atomic mass is 32.2. The van der Waals surface area contributed by atoms with E-state index in [-0.39, 0.29) is 5.56 Å². The van der Waals surface area contributed by atoms with Gasteiger partial charge in [0.2, 0.25) is 5.16 Å². The molecule has 4 aromatic rings. The Morgan fingerprint density at radius 2 is 2.21 bits per heavy atom. The van der Waals surface area contributed by atoms with Gasteiger partial charge in [-0.1, -0.05) is 0 Å². The maximum atomic E-state index is 11.1. The highest BCUT2D eigenvalue weighted by Crippen LogP contribution is 2.34. The van der Waals surface area contributed by atoms with Crippen LogP contribution in [0.2, 0.25) is 0 Å². The van der Waals surface area contributed by atoms with Crippen LogP contribution in [-0.4, -0.2) is 41.3 Å². The van der Waals surface area contributed by atoms with Crippen LogP contribution in [0.3, 0.4) is 0 Å². The molecule has 0 aliphatic heterocycles. The molecule has 0 aliphatic rings. The lowest BCUT2D eigenvalue weighted by molar-refractivity contribution is 0.0697. The van der Waals surface area contributed by atoms with E-state index in [9.17, 15) is 4.79 Å². The first-order valence-corrected chi connectivity index (χ1v) is 8.34. The SMILES string of the molecule is O=C(O)c1ccc2nc(Sc3nnnn3-c3cccnc3)sc2c1. The molecule has 1 aromatic carbocycles. The van der Waals surface area contributed by atoms with Gasteiger partial charge in [0.25, 0.3) is 0 Å². The van der Waals surface area contributed by atoms with Gasteiger partial charge in [0.15, 0.2) is 4.34 Å². The number of thiazole rings is 1. The van der Waals surface area contributed by atoms with Gasteiger partial charge >= 0.3 is 5.97 Å². The number of tetrazole rings is 1. The first kappa shape index (κ1) is 14.7. The normalized spacial score (nSPS) is 11.0. The fourth-order valence-electron chi connectivity index (χ4n) is 2.04. The van der Waals surface area contributed by atoms with E-state index in [0.717, 1.165) is 20.2 Å². The van der Waals surface area contributed by atoms with E-state index in [1.54, 1.807) is 41.3 Å². The van der Waals surface area contributed by atoms with Crippen molar-refractivity contribution in [3.8, 4) is 5.69 Å². The summed E-state index contributed by atoms with van der Waals surface area (Å²) in [5.41, 5.74) is 1.73. The summed E-state index contributed by atoms with van der Waals surface area (Å²) in [4.78, 5) is 19.6. The minimum absolute atomic E-state index is 0.239. The second-order valence-electron chi connectivity index (χ2n) is 4.65. The molecule has 0 unspecified atom stereocenters. The average molecular weight is 356 g/mol. The second kappa shape index (κ2) is 5.98. The van der Waals surface area contributed by atoms with Crippen molar-refractivity contribution in [3.63, 3.8) is 0 Å². The topological polar surface area (TPSA) is 107 Å². The van der Waals surface area contributed by atoms with Crippen molar-refractivity contribution in [1.29, 1.82) is 0 Å². The summed E-state index contributed by atoms with van der Waals surface area (Å²) < 4.78 is 3.11. The fraction of sp³-hybridized carbons (Fsp3) is 0. The van der Waals surface area contributed by atoms with Crippen molar-refractivity contribution < 1.29 is 9.90 Å². The van der Waals surface area contributed by atoms with Crippen LogP contribution in [0.1, 0.15) is 10.4 Å². The third-order valence-electron chi connectivity index (χ3n) is 3.13. The zero-order valence-corrected chi connectivity index (χ0v) is 13.5. The van der Waals surface area contributed by atoms with Crippen molar-refractivity contribution in [2.24, 2.45) is 0 Å². The number of carboxylic acids is 1. The molecule has 4 rings (SSSR count). The number of carbonyl (C=O) groups is 1. The van der Waals surface area contributed by atoms with Crippen molar-refractivity contribution in [2.45, 2.75) is 9.50 Å². The van der Waals surface area contributed by atoms with Crippen molar-refractivity contribution in [2.75, 3.05) is 0 Å². The van der Waals surface area contributed by atoms with Crippen LogP contribution in [0.4, 0.5) is 0 Å². The summed E-state index contributed by atoms with van der Waals surface area (Å²) in [6.07, 6.45) is 3.34. The fourth-order valence-corrected chi connectivity index (χ4v) is 4.04. The zero-order chi connectivity index (χ0) is 16.5. The average Bonchev–Trinajstić information content (AvgIpc) is 3.21. The molecule has 0 saturated heterocycles. The Hall–Kier alpha value is -2.85. The molecule has 24 heavy (non-hydrogen) atoms. The quantitative estimate of drug-likeness (QED) is 0.594. The number of rotatable bonds is 4. The summed E-state index contributed by atoms with van der Waals surface area (Å²) >= 11 is 2.71. The highest BCUT2D eigenvalue weighted by molar-refractivity contribution is 8.01. The molecule has 0 atom stereocenters. The Morgan fingerprint density at radius 3 is 3.00 bits per heavy atom. The number of carboxylic acid groups (broad SMARTS) is 1. The minimum Gasteiger partial charge on any atom is -0.478 e. The Morgan fingerprint density at radius 1 is 1.29 bits per heavy atom. The summed E-state index contributed by atoms with van der Waals surface area (Å²) in [6, 6.07) is 8.51. The molecule has 0 saturated carbocycles. The molecule has 0 aliphatic carbocycles. The highest BCUT2D eigenvalue weighted by Gasteiger charge is 2.14. The van der Waals surface area contributed by atoms with Gasteiger partial charge in [-0.25, -0.2) is 9.78 Å². The molecule has 118 valence electrons. The van der Waals surface area contributed by atoms with Crippen LogP contribution >= 0.6 is 23.1 Å². The van der Waals surface area contributed by atoms with Gasteiger partial charge in [-0.15, -0.1) is 16.4 Å². The zero-order valence-electron chi connectivity index (χ0n) is 11.9. The van der Waals surface area contributed by atoms with Gasteiger partial charge in [0.05, 0.1) is 27.7 Å². The lowest BCUT2D eigenvalue weighted by Gasteiger charge is -2.00. The van der Waals surface area contributed by atoms with Gasteiger partial charge in [-0.2, -0.15) is 4.68 Å². The monoisotopic (exact) mass is 356 g/mol. The maximum absolute atomic E-state index is 11.1. The Bertz CT molecular complexity index is 1030. The van der Waals surface area contributed by atoms with Crippen LogP contribution in [0, 0.1) is 0 Å². The predicted octanol–water partition coefficient (Wildman–Crippen LogP) is 2.52. The number of aromatic nitrogens is 6. The maximum Gasteiger partial charge on any atom is 0.335 e. The molecule has 0 radical (unpaired) electrons. The minimum atomic E-state index is -0.958. The molecular formula is C14H8N6O2S2. The summed E-state index contributed by atoms with van der Waals surface area (Å²) in [5, 5.41) is 21.3. The van der Waals surface area contributed by atoms with E-state index < -0.39 is 5.97 Å². The van der Waals surface area contributed by atoms with Gasteiger partial charge in [-0.05, 0) is 52.5 Å². The molecule has 10 heteroatoms. The Labute approximate surface area is 143 Å². The van der Waals surface area contributed by atoms with E-state index in [0.29, 0.717) is 5.16 Å². The number of nitrogens with zero attached hydrogens (tertiary/aromatic N) is 6. The molecule has 0 bridgehead atoms. The van der Waals surface area contributed by atoms with Crippen LogP contribution < -0.4 is 0 Å². The van der Waals surface area contributed by atoms with Crippen LogP contribution in [-0.2, 0) is 0 Å². The smallest absolute Gasteiger partial charge is 0.335 e. The third kappa shape index (κ3) is 2.72. The van der Waals surface area contributed by atoms with Crippen molar-refractivity contribution in [3.05, 3.63) is 48.3 Å². The molecule has 3 aromatic heterocycles. The molecule has 3 heterocycles. The van der Waals surface area contributed by atoms with Gasteiger partial charge < -0.3 is 5.11 Å². The van der Waals surface area contributed by atoms with Crippen LogP contribution in [0.25, 0.3) is 15.9 Å². The second-order valence-corrected chi connectivity index (χ2v) is 6.90. The molecule has 8 nitrogen and oxygen atoms in total. The van der Waals surface area contributed by atoms with E-state index in [1.807, 2.05) is 6.07 Å². The molecule has 0 fully saturated rings. The molecular weight excluding hydrogens is 348 g/mol. The lowest BCUT2D eigenvalue weighted by atomic mass is 10.2. The largest absolute Gasteiger partial charge is 0.478 e. The number of hydrogen-bond donors (Lipinski definition) is 1. The van der Waals surface area contributed by atoms with E-state index in [2.05, 4.69) is 25.5 Å². The number of benzene rings is 1. The Balaban J connectivity index is 1.68. The molecule has 0 amide bonds. The van der Waals surface area contributed by atoms with E-state index >= 15 is 0 Å². The number of fused-ring (bicyclic) bond motifs is 1. The summed E-state index contributed by atoms with van der Waals surface area (Å²) in [5.74, 6) is -0.958. The summed E-state index contributed by atoms with van der Waals surface area (Å²) in [6.45, 7) is 0. The lowest BCUT2D eigenvalue weighted by Crippen LogP contribution is -1.98. The predicted molar refractivity (Wildman–Crippen MR) is 87.7 cm³/mol. The van der Waals surface area contributed by atoms with E-state index in [4.69, 9.17) is 5.11 Å². The first-order chi connectivity index (χ1) is 11.7. The standard InChI is InChI=1S/C14H8N6O2S2/c21-12(22)8-3-4-10-11(6-8)23-14(16-10)24-13-17-18-19-20(13)9-2-1-5-15-7-9/h1-7H,(H,21,22). The van der Waals surface area contributed by atoms with Gasteiger partial charge in [0, 0.05) is 6.20 Å². The first-order valence-electron chi connectivity index (χ1n) is 6.71.